The molecule has 4 fully saturated rings. The van der Waals surface area contributed by atoms with Crippen molar-refractivity contribution < 1.29 is 18.6 Å². The van der Waals surface area contributed by atoms with Gasteiger partial charge in [0.2, 0.25) is 5.88 Å². The molecule has 4 saturated heterocycles. The quantitative estimate of drug-likeness (QED) is 0.283. The first-order valence-electron chi connectivity index (χ1n) is 14.8. The normalized spacial score (nSPS) is 27.0. The molecule has 2 unspecified atom stereocenters. The van der Waals surface area contributed by atoms with Crippen LogP contribution in [0, 0.1) is 5.82 Å². The van der Waals surface area contributed by atoms with Gasteiger partial charge < -0.3 is 20.1 Å². The van der Waals surface area contributed by atoms with Gasteiger partial charge in [-0.05, 0) is 55.8 Å². The number of rotatable bonds is 5. The second-order valence-electron chi connectivity index (χ2n) is 12.4. The van der Waals surface area contributed by atoms with Crippen LogP contribution in [-0.2, 0) is 0 Å². The van der Waals surface area contributed by atoms with Gasteiger partial charge in [0.25, 0.3) is 0 Å². The Morgan fingerprint density at radius 1 is 1.09 bits per heavy atom. The Bertz CT molecular complexity index is 1770. The summed E-state index contributed by atoms with van der Waals surface area (Å²) < 4.78 is 35.4. The van der Waals surface area contributed by atoms with Crippen LogP contribution in [0.1, 0.15) is 32.1 Å². The summed E-state index contributed by atoms with van der Waals surface area (Å²) >= 11 is 13.4. The van der Waals surface area contributed by atoms with Crippen LogP contribution in [-0.4, -0.2) is 81.5 Å². The molecule has 12 heteroatoms. The minimum absolute atomic E-state index is 0.0289. The second-order valence-corrected chi connectivity index (χ2v) is 13.1. The summed E-state index contributed by atoms with van der Waals surface area (Å²) in [5.74, 6) is 0.535. The zero-order valence-corrected chi connectivity index (χ0v) is 24.8. The summed E-state index contributed by atoms with van der Waals surface area (Å²) in [4.78, 5) is 18.9. The molecule has 2 aromatic carbocycles. The van der Waals surface area contributed by atoms with Crippen molar-refractivity contribution in [1.82, 2.24) is 25.2 Å². The Labute approximate surface area is 257 Å². The number of alkyl halides is 1. The number of anilines is 1. The highest BCUT2D eigenvalue weighted by Gasteiger charge is 2.49. The van der Waals surface area contributed by atoms with Crippen molar-refractivity contribution in [1.29, 1.82) is 0 Å². The maximum atomic E-state index is 14.6. The number of phenolic OH excluding ortho intramolecular Hbond substituents is 1. The summed E-state index contributed by atoms with van der Waals surface area (Å²) in [6.07, 6.45) is 5.29. The molecule has 0 aliphatic carbocycles. The zero-order chi connectivity index (χ0) is 29.5. The number of halogens is 4. The molecular formula is C31H30Cl2F2N6O2. The number of nitrogens with zero attached hydrogens (tertiary/aromatic N) is 5. The topological polar surface area (TPSA) is 86.6 Å². The van der Waals surface area contributed by atoms with E-state index in [0.717, 1.165) is 45.3 Å². The Balaban J connectivity index is 1.26. The lowest BCUT2D eigenvalue weighted by Gasteiger charge is -2.35. The number of pyridine rings is 1. The highest BCUT2D eigenvalue weighted by molar-refractivity contribution is 6.37. The zero-order valence-electron chi connectivity index (χ0n) is 23.3. The molecule has 8 rings (SSSR count). The van der Waals surface area contributed by atoms with Crippen LogP contribution in [0.25, 0.3) is 33.1 Å². The molecule has 4 aromatic rings. The Kier molecular flexibility index (Phi) is 6.56. The van der Waals surface area contributed by atoms with Crippen LogP contribution in [0.4, 0.5) is 14.6 Å². The van der Waals surface area contributed by atoms with Gasteiger partial charge in [-0.25, -0.2) is 18.7 Å². The first kappa shape index (κ1) is 27.5. The molecule has 4 aliphatic rings. The lowest BCUT2D eigenvalue weighted by Crippen LogP contribution is -2.51. The van der Waals surface area contributed by atoms with Gasteiger partial charge in [-0.2, -0.15) is 4.98 Å². The van der Waals surface area contributed by atoms with E-state index in [-0.39, 0.29) is 39.6 Å². The lowest BCUT2D eigenvalue weighted by atomic mass is 9.95. The molecule has 6 heterocycles. The van der Waals surface area contributed by atoms with Gasteiger partial charge in [0, 0.05) is 55.3 Å². The SMILES string of the molecule is Oc1cc(-c2ncc3c(N4CC5CCC(C4)N5)nc(OC[C@@]45CCCN4C[C@H](F)C5)c(Cl)c3n2)c2c(Cl)c(F)ccc2c1. The third kappa shape index (κ3) is 4.56. The van der Waals surface area contributed by atoms with Gasteiger partial charge in [-0.3, -0.25) is 4.90 Å². The molecule has 4 aliphatic heterocycles. The lowest BCUT2D eigenvalue weighted by molar-refractivity contribution is 0.111. The van der Waals surface area contributed by atoms with E-state index in [1.807, 2.05) is 0 Å². The third-order valence-electron chi connectivity index (χ3n) is 9.62. The van der Waals surface area contributed by atoms with Crippen LogP contribution in [0.5, 0.6) is 11.6 Å². The fourth-order valence-electron chi connectivity index (χ4n) is 7.66. The average Bonchev–Trinajstić information content (AvgIpc) is 3.64. The van der Waals surface area contributed by atoms with Crippen molar-refractivity contribution in [3.63, 3.8) is 0 Å². The number of piperazine rings is 1. The summed E-state index contributed by atoms with van der Waals surface area (Å²) in [5, 5.41) is 15.9. The maximum Gasteiger partial charge on any atom is 0.236 e. The number of nitrogens with one attached hydrogen (secondary N) is 1. The number of benzene rings is 2. The number of ether oxygens (including phenoxy) is 1. The molecule has 0 saturated carbocycles. The Morgan fingerprint density at radius 2 is 1.91 bits per heavy atom. The molecule has 4 atom stereocenters. The van der Waals surface area contributed by atoms with E-state index in [9.17, 15) is 13.9 Å². The van der Waals surface area contributed by atoms with Gasteiger partial charge in [0.15, 0.2) is 5.82 Å². The molecule has 0 radical (unpaired) electrons. The van der Waals surface area contributed by atoms with E-state index >= 15 is 0 Å². The Morgan fingerprint density at radius 3 is 2.72 bits per heavy atom. The first-order valence-corrected chi connectivity index (χ1v) is 15.5. The van der Waals surface area contributed by atoms with Crippen molar-refractivity contribution in [2.75, 3.05) is 37.7 Å². The number of aromatic hydroxyl groups is 1. The number of fused-ring (bicyclic) bond motifs is 5. The van der Waals surface area contributed by atoms with E-state index < -0.39 is 12.0 Å². The molecule has 43 heavy (non-hydrogen) atoms. The number of aromatic nitrogens is 3. The summed E-state index contributed by atoms with van der Waals surface area (Å²) in [7, 11) is 0. The maximum absolute atomic E-state index is 14.6. The molecular weight excluding hydrogens is 597 g/mol. The van der Waals surface area contributed by atoms with Gasteiger partial charge in [0.05, 0.1) is 15.9 Å². The van der Waals surface area contributed by atoms with Gasteiger partial charge in [-0.1, -0.05) is 29.3 Å². The fraction of sp³-hybridized carbons (Fsp3) is 0.452. The summed E-state index contributed by atoms with van der Waals surface area (Å²) in [6.45, 7) is 3.11. The predicted molar refractivity (Wildman–Crippen MR) is 163 cm³/mol. The molecule has 0 amide bonds. The fourth-order valence-corrected chi connectivity index (χ4v) is 8.18. The van der Waals surface area contributed by atoms with Crippen molar-refractivity contribution >= 4 is 50.7 Å². The van der Waals surface area contributed by atoms with Gasteiger partial charge >= 0.3 is 0 Å². The van der Waals surface area contributed by atoms with E-state index in [1.54, 1.807) is 12.3 Å². The molecule has 2 bridgehead atoms. The van der Waals surface area contributed by atoms with Crippen LogP contribution in [0.2, 0.25) is 10.0 Å². The van der Waals surface area contributed by atoms with Crippen LogP contribution in [0.15, 0.2) is 30.5 Å². The second kappa shape index (κ2) is 10.3. The average molecular weight is 628 g/mol. The molecule has 224 valence electrons. The minimum Gasteiger partial charge on any atom is -0.508 e. The number of hydrogen-bond donors (Lipinski definition) is 2. The summed E-state index contributed by atoms with van der Waals surface area (Å²) in [6, 6.07) is 6.51. The van der Waals surface area contributed by atoms with E-state index in [1.165, 1.54) is 18.2 Å². The van der Waals surface area contributed by atoms with Crippen LogP contribution < -0.4 is 15.0 Å². The van der Waals surface area contributed by atoms with Crippen molar-refractivity contribution in [3.05, 3.63) is 46.3 Å². The number of hydrogen-bond acceptors (Lipinski definition) is 8. The Hall–Kier alpha value is -3.05. The molecule has 0 spiro atoms. The van der Waals surface area contributed by atoms with E-state index in [2.05, 4.69) is 20.1 Å². The highest BCUT2D eigenvalue weighted by Crippen LogP contribution is 2.43. The van der Waals surface area contributed by atoms with Crippen LogP contribution >= 0.6 is 23.2 Å². The first-order chi connectivity index (χ1) is 20.8. The largest absolute Gasteiger partial charge is 0.508 e. The summed E-state index contributed by atoms with van der Waals surface area (Å²) in [5.41, 5.74) is 0.433. The molecule has 2 N–H and O–H groups in total. The predicted octanol–water partition coefficient (Wildman–Crippen LogP) is 5.89. The van der Waals surface area contributed by atoms with Crippen molar-refractivity contribution in [2.24, 2.45) is 0 Å². The highest BCUT2D eigenvalue weighted by atomic mass is 35.5. The van der Waals surface area contributed by atoms with Gasteiger partial charge in [0.1, 0.15) is 40.7 Å². The smallest absolute Gasteiger partial charge is 0.236 e. The third-order valence-corrected chi connectivity index (χ3v) is 10.3. The van der Waals surface area contributed by atoms with E-state index in [4.69, 9.17) is 37.9 Å². The molecule has 8 nitrogen and oxygen atoms in total. The van der Waals surface area contributed by atoms with E-state index in [0.29, 0.717) is 58.1 Å². The van der Waals surface area contributed by atoms with Gasteiger partial charge in [-0.15, -0.1) is 0 Å². The minimum atomic E-state index is -0.875. The molecule has 2 aromatic heterocycles. The monoisotopic (exact) mass is 626 g/mol. The van der Waals surface area contributed by atoms with Crippen molar-refractivity contribution in [3.8, 4) is 23.0 Å². The standard InChI is InChI=1S/C31H30Cl2F2N6O2/c32-25-23(35)5-2-16-8-20(42)9-21(24(16)25)28-36-11-22-27(38-28)26(33)30(39-29(22)40-13-18-3-4-19(14-40)37-18)43-15-31-6-1-7-41(31)12-17(34)10-31/h2,5,8-9,11,17-19,37,42H,1,3-4,6-7,10,12-15H2/t17-,18?,19?,31+/m1/s1. The van der Waals surface area contributed by atoms with Crippen LogP contribution in [0.3, 0.4) is 0 Å². The number of phenols is 1. The van der Waals surface area contributed by atoms with Crippen molar-refractivity contribution in [2.45, 2.75) is 55.9 Å².